The summed E-state index contributed by atoms with van der Waals surface area (Å²) in [4.78, 5) is 31.2. The van der Waals surface area contributed by atoms with Gasteiger partial charge >= 0.3 is 5.97 Å². The molecule has 1 aliphatic rings. The second kappa shape index (κ2) is 7.20. The van der Waals surface area contributed by atoms with Gasteiger partial charge in [0.2, 0.25) is 17.6 Å². The monoisotopic (exact) mass is 330 g/mol. The third-order valence-corrected chi connectivity index (χ3v) is 4.07. The Hall–Kier alpha value is -2.77. The van der Waals surface area contributed by atoms with Crippen LogP contribution in [0.4, 0.5) is 0 Å². The van der Waals surface area contributed by atoms with Gasteiger partial charge in [-0.25, -0.2) is 0 Å². The molecule has 1 saturated carbocycles. The lowest BCUT2D eigenvalue weighted by Crippen LogP contribution is -2.33. The fraction of sp³-hybridized carbons (Fsp3) is 0.438. The molecule has 1 amide bonds. The Bertz CT molecular complexity index is 716. The topological polar surface area (TPSA) is 118 Å². The molecular formula is C16H18N4O4. The summed E-state index contributed by atoms with van der Waals surface area (Å²) in [6.07, 6.45) is 4.00. The molecule has 0 saturated heterocycles. The van der Waals surface area contributed by atoms with E-state index in [9.17, 15) is 9.59 Å². The summed E-state index contributed by atoms with van der Waals surface area (Å²) in [6, 6.07) is 5.34. The van der Waals surface area contributed by atoms with E-state index >= 15 is 0 Å². The smallest absolute Gasteiger partial charge is 0.306 e. The van der Waals surface area contributed by atoms with Crippen molar-refractivity contribution in [3.8, 4) is 11.5 Å². The first kappa shape index (κ1) is 16.1. The zero-order valence-electron chi connectivity index (χ0n) is 13.0. The molecule has 0 spiro atoms. The fourth-order valence-corrected chi connectivity index (χ4v) is 2.81. The third kappa shape index (κ3) is 3.95. The Kier molecular flexibility index (Phi) is 4.83. The van der Waals surface area contributed by atoms with Crippen LogP contribution in [0.1, 0.15) is 31.6 Å². The Labute approximate surface area is 138 Å². The van der Waals surface area contributed by atoms with E-state index in [4.69, 9.17) is 9.63 Å². The molecule has 24 heavy (non-hydrogen) atoms. The van der Waals surface area contributed by atoms with Crippen molar-refractivity contribution >= 4 is 11.9 Å². The molecule has 1 aliphatic carbocycles. The first-order valence-electron chi connectivity index (χ1n) is 7.88. The number of aromatic nitrogens is 3. The van der Waals surface area contributed by atoms with Crippen LogP contribution in [0.25, 0.3) is 11.5 Å². The van der Waals surface area contributed by atoms with Gasteiger partial charge in [0, 0.05) is 25.1 Å². The minimum atomic E-state index is -0.792. The van der Waals surface area contributed by atoms with E-state index in [2.05, 4.69) is 20.4 Å². The molecule has 126 valence electrons. The summed E-state index contributed by atoms with van der Waals surface area (Å²) in [7, 11) is 0. The quantitative estimate of drug-likeness (QED) is 0.822. The Balaban J connectivity index is 1.47. The van der Waals surface area contributed by atoms with Gasteiger partial charge in [0.1, 0.15) is 5.69 Å². The van der Waals surface area contributed by atoms with Gasteiger partial charge in [-0.2, -0.15) is 4.98 Å². The predicted molar refractivity (Wildman–Crippen MR) is 82.8 cm³/mol. The summed E-state index contributed by atoms with van der Waals surface area (Å²) < 4.78 is 5.13. The highest BCUT2D eigenvalue weighted by atomic mass is 16.5. The number of nitrogens with zero attached hydrogens (tertiary/aromatic N) is 3. The Morgan fingerprint density at radius 1 is 1.33 bits per heavy atom. The van der Waals surface area contributed by atoms with Crippen LogP contribution in [0, 0.1) is 5.92 Å². The van der Waals surface area contributed by atoms with E-state index in [0.717, 1.165) is 0 Å². The lowest BCUT2D eigenvalue weighted by Gasteiger charge is -2.11. The Morgan fingerprint density at radius 2 is 2.21 bits per heavy atom. The molecule has 2 aromatic rings. The minimum Gasteiger partial charge on any atom is -0.481 e. The number of rotatable bonds is 6. The summed E-state index contributed by atoms with van der Waals surface area (Å²) in [5.74, 6) is -0.512. The maximum Gasteiger partial charge on any atom is 0.306 e. The van der Waals surface area contributed by atoms with Crippen molar-refractivity contribution < 1.29 is 19.2 Å². The molecule has 8 heteroatoms. The molecule has 2 atom stereocenters. The number of hydrogen-bond donors (Lipinski definition) is 2. The fourth-order valence-electron chi connectivity index (χ4n) is 2.81. The van der Waals surface area contributed by atoms with E-state index in [1.807, 2.05) is 6.07 Å². The van der Waals surface area contributed by atoms with Crippen LogP contribution >= 0.6 is 0 Å². The SMILES string of the molecule is O=C(CCc1nc(-c2ccccn2)no1)N[C@H]1CC[C@@H](C(=O)O)C1. The van der Waals surface area contributed by atoms with Gasteiger partial charge in [0.15, 0.2) is 0 Å². The van der Waals surface area contributed by atoms with Crippen LogP contribution in [0.2, 0.25) is 0 Å². The van der Waals surface area contributed by atoms with Gasteiger partial charge in [0.25, 0.3) is 0 Å². The van der Waals surface area contributed by atoms with Crippen molar-refractivity contribution in [2.75, 3.05) is 0 Å². The number of hydrogen-bond acceptors (Lipinski definition) is 6. The number of carboxylic acids is 1. The number of nitrogens with one attached hydrogen (secondary N) is 1. The van der Waals surface area contributed by atoms with Crippen LogP contribution in [-0.2, 0) is 16.0 Å². The summed E-state index contributed by atoms with van der Waals surface area (Å²) in [6.45, 7) is 0. The highest BCUT2D eigenvalue weighted by molar-refractivity contribution is 5.77. The molecule has 2 aromatic heterocycles. The van der Waals surface area contributed by atoms with Gasteiger partial charge in [-0.05, 0) is 31.4 Å². The van der Waals surface area contributed by atoms with E-state index in [0.29, 0.717) is 43.1 Å². The van der Waals surface area contributed by atoms with Crippen LogP contribution in [-0.4, -0.2) is 38.1 Å². The van der Waals surface area contributed by atoms with Crippen LogP contribution in [0.3, 0.4) is 0 Å². The number of carbonyl (C=O) groups is 2. The normalized spacial score (nSPS) is 20.0. The number of aliphatic carboxylic acids is 1. The van der Waals surface area contributed by atoms with E-state index in [1.165, 1.54) is 0 Å². The lowest BCUT2D eigenvalue weighted by molar-refractivity contribution is -0.141. The van der Waals surface area contributed by atoms with Crippen molar-refractivity contribution in [1.29, 1.82) is 0 Å². The number of carbonyl (C=O) groups excluding carboxylic acids is 1. The maximum atomic E-state index is 12.0. The van der Waals surface area contributed by atoms with Crippen molar-refractivity contribution in [3.63, 3.8) is 0 Å². The zero-order valence-corrected chi connectivity index (χ0v) is 13.0. The second-order valence-electron chi connectivity index (χ2n) is 5.84. The highest BCUT2D eigenvalue weighted by Crippen LogP contribution is 2.25. The molecule has 0 bridgehead atoms. The van der Waals surface area contributed by atoms with Gasteiger partial charge < -0.3 is 14.9 Å². The van der Waals surface area contributed by atoms with E-state index in [1.54, 1.807) is 18.3 Å². The van der Waals surface area contributed by atoms with Crippen molar-refractivity contribution in [2.45, 2.75) is 38.1 Å². The number of amides is 1. The lowest BCUT2D eigenvalue weighted by atomic mass is 10.1. The molecule has 2 heterocycles. The van der Waals surface area contributed by atoms with Crippen LogP contribution in [0.5, 0.6) is 0 Å². The van der Waals surface area contributed by atoms with Gasteiger partial charge in [-0.1, -0.05) is 11.2 Å². The summed E-state index contributed by atoms with van der Waals surface area (Å²) in [5.41, 5.74) is 0.614. The molecule has 3 rings (SSSR count). The summed E-state index contributed by atoms with van der Waals surface area (Å²) in [5, 5.41) is 15.7. The molecule has 0 radical (unpaired) electrons. The van der Waals surface area contributed by atoms with E-state index in [-0.39, 0.29) is 24.3 Å². The molecular weight excluding hydrogens is 312 g/mol. The summed E-state index contributed by atoms with van der Waals surface area (Å²) >= 11 is 0. The van der Waals surface area contributed by atoms with Gasteiger partial charge in [-0.15, -0.1) is 0 Å². The third-order valence-electron chi connectivity index (χ3n) is 4.07. The number of pyridine rings is 1. The van der Waals surface area contributed by atoms with Crippen molar-refractivity contribution in [2.24, 2.45) is 5.92 Å². The van der Waals surface area contributed by atoms with E-state index < -0.39 is 5.97 Å². The molecule has 0 aliphatic heterocycles. The standard InChI is InChI=1S/C16H18N4O4/c21-13(18-11-5-4-10(9-11)16(22)23)6-7-14-19-15(20-24-14)12-3-1-2-8-17-12/h1-3,8,10-11H,4-7,9H2,(H,18,21)(H,22,23)/t10-,11+/m1/s1. The average molecular weight is 330 g/mol. The molecule has 2 N–H and O–H groups in total. The highest BCUT2D eigenvalue weighted by Gasteiger charge is 2.30. The Morgan fingerprint density at radius 3 is 2.92 bits per heavy atom. The first-order chi connectivity index (χ1) is 11.6. The first-order valence-corrected chi connectivity index (χ1v) is 7.88. The average Bonchev–Trinajstić information content (AvgIpc) is 3.23. The predicted octanol–water partition coefficient (Wildman–Crippen LogP) is 1.43. The largest absolute Gasteiger partial charge is 0.481 e. The molecule has 0 unspecified atom stereocenters. The molecule has 8 nitrogen and oxygen atoms in total. The van der Waals surface area contributed by atoms with Gasteiger partial charge in [-0.3, -0.25) is 14.6 Å². The molecule has 0 aromatic carbocycles. The second-order valence-corrected chi connectivity index (χ2v) is 5.84. The maximum absolute atomic E-state index is 12.0. The van der Waals surface area contributed by atoms with Crippen LogP contribution < -0.4 is 5.32 Å². The molecule has 1 fully saturated rings. The van der Waals surface area contributed by atoms with Gasteiger partial charge in [0.05, 0.1) is 5.92 Å². The minimum absolute atomic E-state index is 0.0645. The zero-order chi connectivity index (χ0) is 16.9. The number of aryl methyl sites for hydroxylation is 1. The number of carboxylic acid groups (broad SMARTS) is 1. The van der Waals surface area contributed by atoms with Crippen LogP contribution in [0.15, 0.2) is 28.9 Å². The van der Waals surface area contributed by atoms with Crippen molar-refractivity contribution in [3.05, 3.63) is 30.3 Å². The van der Waals surface area contributed by atoms with Crippen molar-refractivity contribution in [1.82, 2.24) is 20.4 Å².